The average Bonchev–Trinajstić information content (AvgIpc) is 2.68. The van der Waals surface area contributed by atoms with E-state index in [-0.39, 0.29) is 25.4 Å². The first-order valence-corrected chi connectivity index (χ1v) is 6.34. The minimum atomic E-state index is -0.0761. The number of benzene rings is 1. The Morgan fingerprint density at radius 1 is 1.35 bits per heavy atom. The van der Waals surface area contributed by atoms with Crippen LogP contribution in [-0.2, 0) is 13.1 Å². The topological polar surface area (TPSA) is 122 Å². The van der Waals surface area contributed by atoms with Crippen molar-refractivity contribution in [2.75, 3.05) is 23.4 Å². The van der Waals surface area contributed by atoms with Gasteiger partial charge in [0.25, 0.3) is 0 Å². The molecular weight excluding hydrogens is 282 g/mol. The van der Waals surface area contributed by atoms with Crippen molar-refractivity contribution in [3.05, 3.63) is 28.9 Å². The zero-order chi connectivity index (χ0) is 14.7. The van der Waals surface area contributed by atoms with Crippen molar-refractivity contribution in [3.63, 3.8) is 0 Å². The summed E-state index contributed by atoms with van der Waals surface area (Å²) in [4.78, 5) is 0. The van der Waals surface area contributed by atoms with E-state index in [1.54, 1.807) is 12.1 Å². The monoisotopic (exact) mass is 297 g/mol. The third-order valence-corrected chi connectivity index (χ3v) is 3.06. The standard InChI is InChI=1S/C12H16ClN5O2/c13-7-1-2-10(20)8(5-7)16-6-9-11(14)12(15)18(17-9)3-4-19/h1-2,5,16,19-20H,3-4,6,14-15H2. The number of nitrogens with zero attached hydrogens (tertiary/aromatic N) is 2. The van der Waals surface area contributed by atoms with Gasteiger partial charge in [0.2, 0.25) is 0 Å². The predicted octanol–water partition coefficient (Wildman–Crippen LogP) is 1.01. The lowest BCUT2D eigenvalue weighted by molar-refractivity contribution is 0.270. The van der Waals surface area contributed by atoms with Crippen LogP contribution in [0.15, 0.2) is 18.2 Å². The van der Waals surface area contributed by atoms with E-state index in [9.17, 15) is 5.11 Å². The molecule has 0 radical (unpaired) electrons. The van der Waals surface area contributed by atoms with Gasteiger partial charge in [-0.3, -0.25) is 0 Å². The van der Waals surface area contributed by atoms with Gasteiger partial charge in [-0.25, -0.2) is 4.68 Å². The smallest absolute Gasteiger partial charge is 0.145 e. The molecule has 0 bridgehead atoms. The Balaban J connectivity index is 2.14. The fourth-order valence-electron chi connectivity index (χ4n) is 1.76. The lowest BCUT2D eigenvalue weighted by Crippen LogP contribution is -2.08. The van der Waals surface area contributed by atoms with Gasteiger partial charge in [0.1, 0.15) is 17.3 Å². The van der Waals surface area contributed by atoms with E-state index in [0.29, 0.717) is 27.9 Å². The highest BCUT2D eigenvalue weighted by Crippen LogP contribution is 2.28. The van der Waals surface area contributed by atoms with Crippen LogP contribution in [0.25, 0.3) is 0 Å². The quantitative estimate of drug-likeness (QED) is 0.525. The molecule has 2 aromatic rings. The third-order valence-electron chi connectivity index (χ3n) is 2.82. The number of aliphatic hydroxyl groups is 1. The van der Waals surface area contributed by atoms with Gasteiger partial charge in [-0.15, -0.1) is 0 Å². The minimum absolute atomic E-state index is 0.0761. The number of aromatic hydroxyl groups is 1. The Bertz CT molecular complexity index is 614. The van der Waals surface area contributed by atoms with Crippen LogP contribution in [0.5, 0.6) is 5.75 Å². The van der Waals surface area contributed by atoms with Crippen molar-refractivity contribution in [2.45, 2.75) is 13.1 Å². The molecular formula is C12H16ClN5O2. The third kappa shape index (κ3) is 2.89. The second-order valence-electron chi connectivity index (χ2n) is 4.21. The zero-order valence-corrected chi connectivity index (χ0v) is 11.4. The molecule has 20 heavy (non-hydrogen) atoms. The number of nitrogen functional groups attached to an aromatic ring is 2. The second-order valence-corrected chi connectivity index (χ2v) is 4.64. The van der Waals surface area contributed by atoms with E-state index < -0.39 is 0 Å². The van der Waals surface area contributed by atoms with Gasteiger partial charge in [0, 0.05) is 5.02 Å². The molecule has 1 heterocycles. The Morgan fingerprint density at radius 2 is 2.10 bits per heavy atom. The molecule has 1 aromatic heterocycles. The summed E-state index contributed by atoms with van der Waals surface area (Å²) >= 11 is 5.86. The predicted molar refractivity (Wildman–Crippen MR) is 78.6 cm³/mol. The maximum atomic E-state index is 9.69. The number of hydrogen-bond acceptors (Lipinski definition) is 6. The molecule has 0 saturated carbocycles. The first-order valence-electron chi connectivity index (χ1n) is 5.96. The Labute approximate surface area is 120 Å². The summed E-state index contributed by atoms with van der Waals surface area (Å²) in [6, 6.07) is 4.68. The van der Waals surface area contributed by atoms with Gasteiger partial charge in [-0.05, 0) is 18.2 Å². The number of nitrogens with two attached hydrogens (primary N) is 2. The Hall–Kier alpha value is -2.12. The van der Waals surface area contributed by atoms with Crippen molar-refractivity contribution in [3.8, 4) is 5.75 Å². The van der Waals surface area contributed by atoms with Crippen LogP contribution in [0.1, 0.15) is 5.69 Å². The average molecular weight is 298 g/mol. The number of nitrogens with one attached hydrogen (secondary N) is 1. The SMILES string of the molecule is Nc1c(CNc2cc(Cl)ccc2O)nn(CCO)c1N. The molecule has 7 nitrogen and oxygen atoms in total. The van der Waals surface area contributed by atoms with Crippen molar-refractivity contribution in [1.29, 1.82) is 0 Å². The van der Waals surface area contributed by atoms with E-state index in [0.717, 1.165) is 0 Å². The largest absolute Gasteiger partial charge is 0.506 e. The van der Waals surface area contributed by atoms with Gasteiger partial charge in [-0.1, -0.05) is 11.6 Å². The van der Waals surface area contributed by atoms with Crippen LogP contribution >= 0.6 is 11.6 Å². The molecule has 7 N–H and O–H groups in total. The van der Waals surface area contributed by atoms with Gasteiger partial charge in [-0.2, -0.15) is 5.10 Å². The van der Waals surface area contributed by atoms with E-state index in [1.807, 2.05) is 0 Å². The summed E-state index contributed by atoms with van der Waals surface area (Å²) in [7, 11) is 0. The molecule has 0 aliphatic rings. The highest BCUT2D eigenvalue weighted by Gasteiger charge is 2.12. The number of phenols is 1. The fourth-order valence-corrected chi connectivity index (χ4v) is 1.94. The number of anilines is 3. The van der Waals surface area contributed by atoms with Crippen LogP contribution in [0.3, 0.4) is 0 Å². The van der Waals surface area contributed by atoms with Gasteiger partial charge in [0.05, 0.1) is 31.1 Å². The number of rotatable bonds is 5. The normalized spacial score (nSPS) is 10.7. The summed E-state index contributed by atoms with van der Waals surface area (Å²) in [6.07, 6.45) is 0. The summed E-state index contributed by atoms with van der Waals surface area (Å²) < 4.78 is 1.43. The van der Waals surface area contributed by atoms with E-state index in [2.05, 4.69) is 10.4 Å². The zero-order valence-electron chi connectivity index (χ0n) is 10.7. The first-order chi connectivity index (χ1) is 9.52. The summed E-state index contributed by atoms with van der Waals surface area (Å²) in [5, 5.41) is 26.3. The van der Waals surface area contributed by atoms with Crippen molar-refractivity contribution in [1.82, 2.24) is 9.78 Å². The molecule has 0 unspecified atom stereocenters. The number of phenolic OH excluding ortho intramolecular Hbond substituents is 1. The molecule has 0 aliphatic heterocycles. The molecule has 1 aromatic carbocycles. The molecule has 108 valence electrons. The molecule has 0 saturated heterocycles. The number of aliphatic hydroxyl groups excluding tert-OH is 1. The van der Waals surface area contributed by atoms with Crippen molar-refractivity contribution < 1.29 is 10.2 Å². The molecule has 8 heteroatoms. The maximum absolute atomic E-state index is 9.69. The van der Waals surface area contributed by atoms with E-state index >= 15 is 0 Å². The Kier molecular flexibility index (Phi) is 4.21. The molecule has 0 amide bonds. The molecule has 2 rings (SSSR count). The lowest BCUT2D eigenvalue weighted by atomic mass is 10.2. The lowest BCUT2D eigenvalue weighted by Gasteiger charge is -2.07. The maximum Gasteiger partial charge on any atom is 0.145 e. The van der Waals surface area contributed by atoms with E-state index in [1.165, 1.54) is 10.7 Å². The second kappa shape index (κ2) is 5.89. The Morgan fingerprint density at radius 3 is 2.80 bits per heavy atom. The minimum Gasteiger partial charge on any atom is -0.506 e. The number of aromatic nitrogens is 2. The summed E-state index contributed by atoms with van der Waals surface area (Å²) in [5.74, 6) is 0.391. The molecule has 0 atom stereocenters. The van der Waals surface area contributed by atoms with Crippen molar-refractivity contribution in [2.24, 2.45) is 0 Å². The summed E-state index contributed by atoms with van der Waals surface area (Å²) in [5.41, 5.74) is 13.0. The van der Waals surface area contributed by atoms with Crippen LogP contribution in [0.2, 0.25) is 5.02 Å². The van der Waals surface area contributed by atoms with Crippen LogP contribution < -0.4 is 16.8 Å². The molecule has 0 spiro atoms. The van der Waals surface area contributed by atoms with Crippen LogP contribution in [0, 0.1) is 0 Å². The number of halogens is 1. The fraction of sp³-hybridized carbons (Fsp3) is 0.250. The molecule has 0 aliphatic carbocycles. The first kappa shape index (κ1) is 14.3. The van der Waals surface area contributed by atoms with E-state index in [4.69, 9.17) is 28.2 Å². The van der Waals surface area contributed by atoms with Gasteiger partial charge in [0.15, 0.2) is 0 Å². The van der Waals surface area contributed by atoms with Crippen LogP contribution in [-0.4, -0.2) is 26.6 Å². The van der Waals surface area contributed by atoms with Gasteiger partial charge < -0.3 is 27.0 Å². The van der Waals surface area contributed by atoms with Crippen LogP contribution in [0.4, 0.5) is 17.2 Å². The van der Waals surface area contributed by atoms with Gasteiger partial charge >= 0.3 is 0 Å². The highest BCUT2D eigenvalue weighted by atomic mass is 35.5. The highest BCUT2D eigenvalue weighted by molar-refractivity contribution is 6.30. The molecule has 0 fully saturated rings. The summed E-state index contributed by atoms with van der Waals surface area (Å²) in [6.45, 7) is 0.480. The number of hydrogen-bond donors (Lipinski definition) is 5. The van der Waals surface area contributed by atoms with Crippen molar-refractivity contribution >= 4 is 28.8 Å².